The highest BCUT2D eigenvalue weighted by molar-refractivity contribution is 5.88. The molecule has 8 heteroatoms. The van der Waals surface area contributed by atoms with E-state index in [1.807, 2.05) is 32.0 Å². The first-order valence-corrected chi connectivity index (χ1v) is 11.1. The maximum atomic E-state index is 13.9. The van der Waals surface area contributed by atoms with Crippen molar-refractivity contribution in [3.8, 4) is 17.2 Å². The fraction of sp³-hybridized carbons (Fsp3) is 0.107. The number of hydrogen-bond acceptors (Lipinski definition) is 4. The van der Waals surface area contributed by atoms with Gasteiger partial charge in [0.25, 0.3) is 5.56 Å². The largest absolute Gasteiger partial charge is 0.416 e. The lowest BCUT2D eigenvalue weighted by Gasteiger charge is -2.10. The number of fused-ring (bicyclic) bond motifs is 3. The summed E-state index contributed by atoms with van der Waals surface area (Å²) < 4.78 is 41.0. The molecule has 0 amide bonds. The molecule has 0 aliphatic rings. The van der Waals surface area contributed by atoms with Gasteiger partial charge in [-0.3, -0.25) is 9.20 Å². The summed E-state index contributed by atoms with van der Waals surface area (Å²) in [7, 11) is 0. The molecule has 0 spiro atoms. The van der Waals surface area contributed by atoms with Gasteiger partial charge >= 0.3 is 6.18 Å². The van der Waals surface area contributed by atoms with Crippen LogP contribution in [0.4, 0.5) is 18.9 Å². The molecular formula is C28H19F3N4O. The Morgan fingerprint density at radius 2 is 1.72 bits per heavy atom. The Morgan fingerprint density at radius 1 is 1.00 bits per heavy atom. The van der Waals surface area contributed by atoms with Crippen molar-refractivity contribution in [2.75, 3.05) is 5.32 Å². The number of imidazole rings is 1. The minimum absolute atomic E-state index is 0.139. The molecule has 2 aromatic heterocycles. The first-order valence-electron chi connectivity index (χ1n) is 11.1. The summed E-state index contributed by atoms with van der Waals surface area (Å²) in [5.74, 6) is 0. The molecule has 1 N–H and O–H groups in total. The van der Waals surface area contributed by atoms with Gasteiger partial charge in [0.1, 0.15) is 11.6 Å². The highest BCUT2D eigenvalue weighted by atomic mass is 19.4. The van der Waals surface area contributed by atoms with Gasteiger partial charge in [-0.1, -0.05) is 36.4 Å². The first-order chi connectivity index (χ1) is 17.2. The maximum Gasteiger partial charge on any atom is 0.416 e. The molecule has 0 radical (unpaired) electrons. The Balaban J connectivity index is 1.86. The van der Waals surface area contributed by atoms with Gasteiger partial charge in [0.15, 0.2) is 5.65 Å². The van der Waals surface area contributed by atoms with Crippen molar-refractivity contribution >= 4 is 28.6 Å². The van der Waals surface area contributed by atoms with E-state index < -0.39 is 17.3 Å². The Bertz CT molecular complexity index is 1800. The lowest BCUT2D eigenvalue weighted by atomic mass is 9.99. The second kappa shape index (κ2) is 8.54. The zero-order valence-electron chi connectivity index (χ0n) is 19.3. The third-order valence-corrected chi connectivity index (χ3v) is 6.19. The molecule has 0 saturated heterocycles. The number of nitrogens with one attached hydrogen (secondary N) is 1. The number of halogens is 3. The Labute approximate surface area is 203 Å². The Hall–Kier alpha value is -4.64. The Kier molecular flexibility index (Phi) is 5.48. The molecule has 0 bridgehead atoms. The van der Waals surface area contributed by atoms with Gasteiger partial charge in [-0.2, -0.15) is 18.4 Å². The molecule has 0 saturated carbocycles. The molecule has 5 aromatic rings. The number of hydrogen-bond donors (Lipinski definition) is 1. The third-order valence-electron chi connectivity index (χ3n) is 6.19. The standard InChI is InChI=1S/C28H19F3N4O/c1-16-11-23-24(12-17(16)2)35-26(34-23)21(14-32)25(18-7-4-3-5-8-18)22(27(35)36)15-33-20-10-6-9-19(13-20)28(29,30)31/h3-13,15,33H,1-2H3. The highest BCUT2D eigenvalue weighted by Gasteiger charge is 2.30. The average molecular weight is 484 g/mol. The van der Waals surface area contributed by atoms with E-state index in [4.69, 9.17) is 0 Å². The minimum Gasteiger partial charge on any atom is -0.361 e. The second-order valence-electron chi connectivity index (χ2n) is 8.51. The smallest absolute Gasteiger partial charge is 0.361 e. The SMILES string of the molecule is Cc1cc2nc3c(C#N)c(-c4ccccc4)c(=CNc4cccc(C(F)(F)F)c4)c(=O)n3c2cc1C. The van der Waals surface area contributed by atoms with Crippen molar-refractivity contribution in [2.45, 2.75) is 20.0 Å². The number of nitrogens with zero attached hydrogens (tertiary/aromatic N) is 3. The van der Waals surface area contributed by atoms with Gasteiger partial charge in [-0.25, -0.2) is 4.98 Å². The van der Waals surface area contributed by atoms with Crippen LogP contribution in [0.1, 0.15) is 22.3 Å². The van der Waals surface area contributed by atoms with E-state index in [1.54, 1.807) is 24.3 Å². The van der Waals surface area contributed by atoms with Gasteiger partial charge < -0.3 is 5.32 Å². The number of anilines is 1. The van der Waals surface area contributed by atoms with Crippen LogP contribution in [0.25, 0.3) is 34.0 Å². The number of rotatable bonds is 3. The van der Waals surface area contributed by atoms with Crippen LogP contribution in [-0.4, -0.2) is 9.38 Å². The zero-order chi connectivity index (χ0) is 25.6. The molecule has 2 heterocycles. The number of benzene rings is 3. The average Bonchev–Trinajstić information content (AvgIpc) is 3.22. The number of alkyl halides is 3. The number of aromatic nitrogens is 2. The Morgan fingerprint density at radius 3 is 2.42 bits per heavy atom. The molecule has 0 atom stereocenters. The first kappa shape index (κ1) is 23.1. The van der Waals surface area contributed by atoms with Crippen molar-refractivity contribution in [1.82, 2.24) is 9.38 Å². The summed E-state index contributed by atoms with van der Waals surface area (Å²) in [6.07, 6.45) is -3.15. The summed E-state index contributed by atoms with van der Waals surface area (Å²) in [5, 5.41) is 13.1. The predicted octanol–water partition coefficient (Wildman–Crippen LogP) is 5.59. The maximum absolute atomic E-state index is 13.9. The van der Waals surface area contributed by atoms with Crippen LogP contribution in [-0.2, 0) is 6.18 Å². The third kappa shape index (κ3) is 3.85. The normalized spacial score (nSPS) is 12.3. The van der Waals surface area contributed by atoms with E-state index >= 15 is 0 Å². The molecule has 178 valence electrons. The van der Waals surface area contributed by atoms with Crippen LogP contribution in [0.3, 0.4) is 0 Å². The van der Waals surface area contributed by atoms with E-state index in [0.717, 1.165) is 23.3 Å². The van der Waals surface area contributed by atoms with Crippen LogP contribution in [0.5, 0.6) is 0 Å². The molecule has 5 rings (SSSR count). The number of aryl methyl sites for hydroxylation is 2. The summed E-state index contributed by atoms with van der Waals surface area (Å²) in [6, 6.07) is 19.5. The second-order valence-corrected chi connectivity index (χ2v) is 8.51. The lowest BCUT2D eigenvalue weighted by molar-refractivity contribution is -0.137. The molecule has 5 nitrogen and oxygen atoms in total. The van der Waals surface area contributed by atoms with Gasteiger partial charge in [0.05, 0.1) is 21.8 Å². The summed E-state index contributed by atoms with van der Waals surface area (Å²) in [4.78, 5) is 18.5. The molecule has 36 heavy (non-hydrogen) atoms. The van der Waals surface area contributed by atoms with E-state index in [1.165, 1.54) is 22.7 Å². The summed E-state index contributed by atoms with van der Waals surface area (Å²) >= 11 is 0. The fourth-order valence-corrected chi connectivity index (χ4v) is 4.26. The topological polar surface area (TPSA) is 70.2 Å². The van der Waals surface area contributed by atoms with Crippen LogP contribution < -0.4 is 16.1 Å². The predicted molar refractivity (Wildman–Crippen MR) is 133 cm³/mol. The minimum atomic E-state index is -4.50. The van der Waals surface area contributed by atoms with E-state index in [-0.39, 0.29) is 22.1 Å². The van der Waals surface area contributed by atoms with E-state index in [9.17, 15) is 23.2 Å². The van der Waals surface area contributed by atoms with Crippen molar-refractivity contribution in [1.29, 1.82) is 5.26 Å². The molecule has 0 fully saturated rings. The molecule has 0 aliphatic heterocycles. The van der Waals surface area contributed by atoms with Gasteiger partial charge in [-0.15, -0.1) is 0 Å². The van der Waals surface area contributed by atoms with Crippen LogP contribution in [0.2, 0.25) is 0 Å². The monoisotopic (exact) mass is 484 g/mol. The number of pyridine rings is 1. The lowest BCUT2D eigenvalue weighted by Crippen LogP contribution is -2.34. The molecule has 3 aromatic carbocycles. The van der Waals surface area contributed by atoms with Crippen LogP contribution >= 0.6 is 0 Å². The highest BCUT2D eigenvalue weighted by Crippen LogP contribution is 2.31. The molecule has 0 aliphatic carbocycles. The van der Waals surface area contributed by atoms with Gasteiger partial charge in [0, 0.05) is 17.5 Å². The van der Waals surface area contributed by atoms with Crippen LogP contribution in [0.15, 0.2) is 71.5 Å². The van der Waals surface area contributed by atoms with Crippen molar-refractivity contribution < 1.29 is 13.2 Å². The van der Waals surface area contributed by atoms with E-state index in [0.29, 0.717) is 22.2 Å². The molecule has 0 unspecified atom stereocenters. The van der Waals surface area contributed by atoms with Crippen molar-refractivity contribution in [3.05, 3.63) is 105 Å². The van der Waals surface area contributed by atoms with E-state index in [2.05, 4.69) is 16.4 Å². The van der Waals surface area contributed by atoms with Gasteiger partial charge in [-0.05, 0) is 60.9 Å². The van der Waals surface area contributed by atoms with Crippen LogP contribution in [0, 0.1) is 25.2 Å². The van der Waals surface area contributed by atoms with Crippen molar-refractivity contribution in [2.24, 2.45) is 0 Å². The number of nitriles is 1. The van der Waals surface area contributed by atoms with Crippen molar-refractivity contribution in [3.63, 3.8) is 0 Å². The molecular weight excluding hydrogens is 465 g/mol. The van der Waals surface area contributed by atoms with Gasteiger partial charge in [0.2, 0.25) is 0 Å². The quantitative estimate of drug-likeness (QED) is 0.362. The fourth-order valence-electron chi connectivity index (χ4n) is 4.26. The summed E-state index contributed by atoms with van der Waals surface area (Å²) in [6.45, 7) is 3.86. The summed E-state index contributed by atoms with van der Waals surface area (Å²) in [5.41, 5.74) is 3.41. The zero-order valence-corrected chi connectivity index (χ0v) is 19.3.